The van der Waals surface area contributed by atoms with Crippen LogP contribution in [0.4, 0.5) is 11.4 Å². The first kappa shape index (κ1) is 27.9. The molecule has 2 aromatic rings. The van der Waals surface area contributed by atoms with Crippen molar-refractivity contribution in [1.82, 2.24) is 0 Å². The van der Waals surface area contributed by atoms with Crippen LogP contribution < -0.4 is 15.7 Å². The van der Waals surface area contributed by atoms with E-state index < -0.39 is 16.9 Å². The number of rotatable bonds is 9. The standard InChI is InChI=1S/C30H50NSi2/c1-12-32(13-2)27-20-26(21-28(22-27)33(14-3,15-4)16-5)31-25-18-23(29(6,7)8)17-24(19-25)30(9,10)11/h17-22,31H,12-16H2,1-11H3. The van der Waals surface area contributed by atoms with Gasteiger partial charge in [-0.15, -0.1) is 0 Å². The molecule has 0 spiro atoms. The molecule has 0 saturated heterocycles. The summed E-state index contributed by atoms with van der Waals surface area (Å²) in [5.74, 6) is 0. The van der Waals surface area contributed by atoms with Crippen molar-refractivity contribution in [3.63, 3.8) is 0 Å². The van der Waals surface area contributed by atoms with Crippen molar-refractivity contribution in [1.29, 1.82) is 0 Å². The van der Waals surface area contributed by atoms with Crippen molar-refractivity contribution in [2.45, 2.75) is 117 Å². The summed E-state index contributed by atoms with van der Waals surface area (Å²) < 4.78 is 0. The zero-order valence-corrected chi connectivity index (χ0v) is 25.5. The Bertz CT molecular complexity index is 869. The lowest BCUT2D eigenvalue weighted by molar-refractivity contribution is 0.569. The highest BCUT2D eigenvalue weighted by Crippen LogP contribution is 2.33. The molecule has 2 rings (SSSR count). The van der Waals surface area contributed by atoms with Gasteiger partial charge in [0.1, 0.15) is 0 Å². The van der Waals surface area contributed by atoms with Gasteiger partial charge in [0.05, 0.1) is 16.9 Å². The Kier molecular flexibility index (Phi) is 9.26. The molecule has 0 atom stereocenters. The zero-order chi connectivity index (χ0) is 25.0. The number of nitrogens with one attached hydrogen (secondary N) is 1. The van der Waals surface area contributed by atoms with Crippen molar-refractivity contribution >= 4 is 38.6 Å². The Morgan fingerprint density at radius 2 is 1.09 bits per heavy atom. The van der Waals surface area contributed by atoms with Crippen LogP contribution in [0.15, 0.2) is 36.4 Å². The molecule has 0 saturated carbocycles. The van der Waals surface area contributed by atoms with Gasteiger partial charge in [0.25, 0.3) is 0 Å². The average molecular weight is 481 g/mol. The van der Waals surface area contributed by atoms with Crippen LogP contribution in [0, 0.1) is 0 Å². The molecular formula is C30H50NSi2. The zero-order valence-electron chi connectivity index (χ0n) is 23.5. The van der Waals surface area contributed by atoms with Gasteiger partial charge >= 0.3 is 0 Å². The fraction of sp³-hybridized carbons (Fsp3) is 0.600. The second-order valence-corrected chi connectivity index (χ2v) is 20.3. The molecule has 0 aromatic heterocycles. The molecule has 0 unspecified atom stereocenters. The van der Waals surface area contributed by atoms with Gasteiger partial charge in [-0.25, -0.2) is 0 Å². The van der Waals surface area contributed by atoms with Crippen LogP contribution >= 0.6 is 0 Å². The molecular weight excluding hydrogens is 431 g/mol. The van der Waals surface area contributed by atoms with Gasteiger partial charge in [0, 0.05) is 11.4 Å². The van der Waals surface area contributed by atoms with Crippen molar-refractivity contribution in [2.75, 3.05) is 5.32 Å². The molecule has 0 aliphatic heterocycles. The first-order valence-electron chi connectivity index (χ1n) is 13.3. The Balaban J connectivity index is 2.67. The van der Waals surface area contributed by atoms with Gasteiger partial charge in [0.15, 0.2) is 0 Å². The maximum absolute atomic E-state index is 3.90. The molecule has 0 amide bonds. The van der Waals surface area contributed by atoms with Crippen LogP contribution in [0.2, 0.25) is 30.2 Å². The fourth-order valence-corrected chi connectivity index (χ4v) is 10.8. The number of hydrogen-bond acceptors (Lipinski definition) is 1. The summed E-state index contributed by atoms with van der Waals surface area (Å²) in [6.07, 6.45) is 0. The minimum Gasteiger partial charge on any atom is -0.356 e. The third kappa shape index (κ3) is 6.63. The smallest absolute Gasteiger partial charge is 0.0860 e. The maximum Gasteiger partial charge on any atom is 0.0860 e. The molecule has 2 aromatic carbocycles. The summed E-state index contributed by atoms with van der Waals surface area (Å²) in [6, 6.07) is 21.4. The second-order valence-electron chi connectivity index (χ2n) is 11.9. The Morgan fingerprint density at radius 3 is 1.48 bits per heavy atom. The molecule has 3 heteroatoms. The van der Waals surface area contributed by atoms with E-state index >= 15 is 0 Å². The molecule has 0 bridgehead atoms. The predicted octanol–water partition coefficient (Wildman–Crippen LogP) is 8.48. The maximum atomic E-state index is 3.90. The Labute approximate surface area is 208 Å². The predicted molar refractivity (Wildman–Crippen MR) is 157 cm³/mol. The number of hydrogen-bond donors (Lipinski definition) is 1. The molecule has 33 heavy (non-hydrogen) atoms. The number of anilines is 2. The van der Waals surface area contributed by atoms with Crippen molar-refractivity contribution in [3.8, 4) is 0 Å². The van der Waals surface area contributed by atoms with E-state index in [0.717, 1.165) is 0 Å². The highest BCUT2D eigenvalue weighted by molar-refractivity contribution is 6.92. The average Bonchev–Trinajstić information content (AvgIpc) is 2.75. The monoisotopic (exact) mass is 480 g/mol. The molecule has 1 nitrogen and oxygen atoms in total. The first-order chi connectivity index (χ1) is 15.3. The SMILES string of the molecule is CC[Si](CC)c1cc(Nc2cc(C(C)(C)C)cc(C(C)(C)C)c2)cc([Si](CC)(CC)CC)c1. The van der Waals surface area contributed by atoms with Gasteiger partial charge in [-0.3, -0.25) is 0 Å². The van der Waals surface area contributed by atoms with Crippen molar-refractivity contribution in [2.24, 2.45) is 0 Å². The highest BCUT2D eigenvalue weighted by Gasteiger charge is 2.30. The molecule has 1 radical (unpaired) electrons. The van der Waals surface area contributed by atoms with E-state index in [1.165, 1.54) is 52.7 Å². The van der Waals surface area contributed by atoms with Crippen LogP contribution in [0.5, 0.6) is 0 Å². The third-order valence-electron chi connectivity index (χ3n) is 7.79. The first-order valence-corrected chi connectivity index (χ1v) is 17.8. The van der Waals surface area contributed by atoms with Crippen molar-refractivity contribution in [3.05, 3.63) is 47.5 Å². The van der Waals surface area contributed by atoms with E-state index in [4.69, 9.17) is 0 Å². The molecule has 1 N–H and O–H groups in total. The van der Waals surface area contributed by atoms with Crippen LogP contribution in [0.25, 0.3) is 0 Å². The minimum atomic E-state index is -1.45. The fourth-order valence-electron chi connectivity index (χ4n) is 4.96. The summed E-state index contributed by atoms with van der Waals surface area (Å²) >= 11 is 0. The molecule has 0 fully saturated rings. The van der Waals surface area contributed by atoms with E-state index in [1.807, 2.05) is 0 Å². The van der Waals surface area contributed by atoms with Crippen LogP contribution in [0.1, 0.15) is 87.3 Å². The highest BCUT2D eigenvalue weighted by atomic mass is 28.3. The minimum absolute atomic E-state index is 0.125. The Morgan fingerprint density at radius 1 is 0.636 bits per heavy atom. The lowest BCUT2D eigenvalue weighted by Gasteiger charge is -2.31. The summed E-state index contributed by atoms with van der Waals surface area (Å²) in [7, 11) is -1.95. The van der Waals surface area contributed by atoms with Crippen LogP contribution in [-0.4, -0.2) is 16.9 Å². The van der Waals surface area contributed by atoms with Gasteiger partial charge < -0.3 is 5.32 Å². The van der Waals surface area contributed by atoms with Gasteiger partial charge in [-0.1, -0.05) is 129 Å². The third-order valence-corrected chi connectivity index (χ3v) is 16.2. The van der Waals surface area contributed by atoms with E-state index in [0.29, 0.717) is 0 Å². The lowest BCUT2D eigenvalue weighted by Crippen LogP contribution is -2.48. The van der Waals surface area contributed by atoms with Crippen LogP contribution in [-0.2, 0) is 10.8 Å². The van der Waals surface area contributed by atoms with E-state index in [2.05, 4.69) is 118 Å². The number of benzene rings is 2. The van der Waals surface area contributed by atoms with E-state index in [9.17, 15) is 0 Å². The largest absolute Gasteiger partial charge is 0.356 e. The summed E-state index contributed by atoms with van der Waals surface area (Å²) in [5.41, 5.74) is 5.58. The molecule has 0 aliphatic carbocycles. The van der Waals surface area contributed by atoms with Crippen LogP contribution in [0.3, 0.4) is 0 Å². The van der Waals surface area contributed by atoms with E-state index in [1.54, 1.807) is 10.4 Å². The molecule has 0 heterocycles. The summed E-state index contributed by atoms with van der Waals surface area (Å²) in [6.45, 7) is 25.9. The summed E-state index contributed by atoms with van der Waals surface area (Å²) in [4.78, 5) is 0. The second kappa shape index (κ2) is 10.9. The quantitative estimate of drug-likeness (QED) is 0.355. The van der Waals surface area contributed by atoms with Gasteiger partial charge in [0.2, 0.25) is 0 Å². The Hall–Kier alpha value is -1.33. The topological polar surface area (TPSA) is 12.0 Å². The molecule has 183 valence electrons. The van der Waals surface area contributed by atoms with Gasteiger partial charge in [-0.05, 0) is 46.2 Å². The summed E-state index contributed by atoms with van der Waals surface area (Å²) in [5, 5.41) is 7.19. The van der Waals surface area contributed by atoms with Crippen molar-refractivity contribution < 1.29 is 0 Å². The van der Waals surface area contributed by atoms with Gasteiger partial charge in [-0.2, -0.15) is 0 Å². The molecule has 0 aliphatic rings. The normalized spacial score (nSPS) is 13.0. The lowest BCUT2D eigenvalue weighted by atomic mass is 9.80. The van der Waals surface area contributed by atoms with E-state index in [-0.39, 0.29) is 10.8 Å².